The Hall–Kier alpha value is -0.850. The van der Waals surface area contributed by atoms with Gasteiger partial charge in [0.25, 0.3) is 0 Å². The van der Waals surface area contributed by atoms with Gasteiger partial charge in [-0.15, -0.1) is 0 Å². The lowest BCUT2D eigenvalue weighted by atomic mass is 9.90. The van der Waals surface area contributed by atoms with Gasteiger partial charge in [-0.2, -0.15) is 0 Å². The van der Waals surface area contributed by atoms with Gasteiger partial charge in [0, 0.05) is 19.0 Å². The lowest BCUT2D eigenvalue weighted by Gasteiger charge is -2.40. The van der Waals surface area contributed by atoms with E-state index in [4.69, 9.17) is 14.2 Å². The average molecular weight is 340 g/mol. The molecular weight excluding hydrogens is 308 g/mol. The first-order valence-electron chi connectivity index (χ1n) is 9.15. The van der Waals surface area contributed by atoms with Crippen LogP contribution in [0.15, 0.2) is 0 Å². The van der Waals surface area contributed by atoms with Crippen molar-refractivity contribution in [1.82, 2.24) is 10.2 Å². The number of ether oxygens (including phenoxy) is 3. The lowest BCUT2D eigenvalue weighted by Crippen LogP contribution is -2.55. The van der Waals surface area contributed by atoms with E-state index in [0.717, 1.165) is 25.8 Å². The maximum absolute atomic E-state index is 12.8. The molecule has 6 heteroatoms. The smallest absolute Gasteiger partial charge is 0.317 e. The molecule has 0 aromatic carbocycles. The normalized spacial score (nSPS) is 34.3. The number of urea groups is 1. The number of nitrogens with one attached hydrogen (secondary N) is 1. The molecule has 0 unspecified atom stereocenters. The lowest BCUT2D eigenvalue weighted by molar-refractivity contribution is -0.189. The van der Waals surface area contributed by atoms with Crippen LogP contribution in [0.4, 0.5) is 4.79 Å². The summed E-state index contributed by atoms with van der Waals surface area (Å²) < 4.78 is 17.7. The maximum Gasteiger partial charge on any atom is 0.317 e. The number of rotatable bonds is 2. The van der Waals surface area contributed by atoms with Crippen molar-refractivity contribution < 1.29 is 19.0 Å². The third kappa shape index (κ3) is 3.55. The van der Waals surface area contributed by atoms with Crippen molar-refractivity contribution in [2.75, 3.05) is 26.3 Å². The minimum absolute atomic E-state index is 0.000622. The van der Waals surface area contributed by atoms with Crippen molar-refractivity contribution in [3.63, 3.8) is 0 Å². The van der Waals surface area contributed by atoms with Crippen LogP contribution in [-0.4, -0.2) is 60.3 Å². The molecule has 3 rings (SSSR count). The van der Waals surface area contributed by atoms with Gasteiger partial charge < -0.3 is 24.4 Å². The Balaban J connectivity index is 1.61. The Kier molecular flexibility index (Phi) is 4.60. The van der Waals surface area contributed by atoms with E-state index in [0.29, 0.717) is 19.8 Å². The van der Waals surface area contributed by atoms with Gasteiger partial charge >= 0.3 is 6.03 Å². The second kappa shape index (κ2) is 6.15. The van der Waals surface area contributed by atoms with E-state index in [1.165, 1.54) is 0 Å². The zero-order valence-corrected chi connectivity index (χ0v) is 15.7. The van der Waals surface area contributed by atoms with E-state index < -0.39 is 5.79 Å². The third-order valence-electron chi connectivity index (χ3n) is 5.68. The van der Waals surface area contributed by atoms with Crippen molar-refractivity contribution in [2.24, 2.45) is 5.92 Å². The molecule has 3 saturated heterocycles. The molecule has 0 aromatic rings. The van der Waals surface area contributed by atoms with E-state index in [-0.39, 0.29) is 29.2 Å². The molecule has 3 aliphatic rings. The van der Waals surface area contributed by atoms with Crippen LogP contribution in [0.25, 0.3) is 0 Å². The van der Waals surface area contributed by atoms with E-state index in [9.17, 15) is 4.79 Å². The van der Waals surface area contributed by atoms with E-state index in [1.807, 2.05) is 25.7 Å². The summed E-state index contributed by atoms with van der Waals surface area (Å²) in [6, 6.07) is 0.0237. The maximum atomic E-state index is 12.8. The summed E-state index contributed by atoms with van der Waals surface area (Å²) in [7, 11) is 0. The minimum atomic E-state index is -0.545. The van der Waals surface area contributed by atoms with E-state index in [2.05, 4.69) is 19.2 Å². The minimum Gasteiger partial charge on any atom is -0.367 e. The first-order chi connectivity index (χ1) is 11.1. The molecule has 138 valence electrons. The van der Waals surface area contributed by atoms with E-state index >= 15 is 0 Å². The number of amides is 2. The predicted molar refractivity (Wildman–Crippen MR) is 90.8 cm³/mol. The monoisotopic (exact) mass is 340 g/mol. The molecule has 3 fully saturated rings. The number of carbonyl (C=O) groups excluding carboxylic acids is 1. The van der Waals surface area contributed by atoms with Crippen LogP contribution in [0.1, 0.15) is 53.9 Å². The fourth-order valence-corrected chi connectivity index (χ4v) is 4.38. The Labute approximate surface area is 145 Å². The summed E-state index contributed by atoms with van der Waals surface area (Å²) in [5, 5.41) is 3.20. The summed E-state index contributed by atoms with van der Waals surface area (Å²) in [5.41, 5.74) is -0.553. The molecule has 0 radical (unpaired) electrons. The highest BCUT2D eigenvalue weighted by Gasteiger charge is 2.47. The van der Waals surface area contributed by atoms with Gasteiger partial charge in [-0.25, -0.2) is 4.79 Å². The average Bonchev–Trinajstić information content (AvgIpc) is 3.01. The quantitative estimate of drug-likeness (QED) is 0.839. The molecule has 0 spiro atoms. The van der Waals surface area contributed by atoms with Gasteiger partial charge in [0.05, 0.1) is 30.5 Å². The molecule has 0 aliphatic carbocycles. The van der Waals surface area contributed by atoms with Crippen molar-refractivity contribution >= 4 is 6.03 Å². The molecule has 24 heavy (non-hydrogen) atoms. The molecule has 6 nitrogen and oxygen atoms in total. The number of carbonyl (C=O) groups is 1. The van der Waals surface area contributed by atoms with Gasteiger partial charge in [0.1, 0.15) is 0 Å². The molecule has 1 N–H and O–H groups in total. The molecule has 0 aromatic heterocycles. The van der Waals surface area contributed by atoms with Gasteiger partial charge in [-0.1, -0.05) is 0 Å². The summed E-state index contributed by atoms with van der Waals surface area (Å²) >= 11 is 0. The first kappa shape index (κ1) is 18.0. The zero-order valence-electron chi connectivity index (χ0n) is 15.7. The Morgan fingerprint density at radius 2 is 1.79 bits per heavy atom. The molecular formula is C18H32N2O4. The second-order valence-corrected chi connectivity index (χ2v) is 8.67. The number of likely N-dealkylation sites (tertiary alicyclic amines) is 1. The largest absolute Gasteiger partial charge is 0.367 e. The van der Waals surface area contributed by atoms with Crippen LogP contribution < -0.4 is 5.32 Å². The van der Waals surface area contributed by atoms with Crippen LogP contribution in [0.3, 0.4) is 0 Å². The second-order valence-electron chi connectivity index (χ2n) is 8.67. The van der Waals surface area contributed by atoms with Crippen molar-refractivity contribution in [2.45, 2.75) is 76.9 Å². The first-order valence-corrected chi connectivity index (χ1v) is 9.15. The van der Waals surface area contributed by atoms with Crippen LogP contribution in [0.2, 0.25) is 0 Å². The molecule has 3 aliphatic heterocycles. The van der Waals surface area contributed by atoms with Gasteiger partial charge in [-0.3, -0.25) is 0 Å². The van der Waals surface area contributed by atoms with Crippen molar-refractivity contribution in [3.05, 3.63) is 0 Å². The van der Waals surface area contributed by atoms with Gasteiger partial charge in [0.15, 0.2) is 5.79 Å². The Bertz CT molecular complexity index is 485. The zero-order chi connectivity index (χ0) is 17.6. The fourth-order valence-electron chi connectivity index (χ4n) is 4.38. The number of piperidine rings is 1. The topological polar surface area (TPSA) is 60.0 Å². The summed E-state index contributed by atoms with van der Waals surface area (Å²) in [6.45, 7) is 13.0. The van der Waals surface area contributed by atoms with Gasteiger partial charge in [0.2, 0.25) is 0 Å². The Morgan fingerprint density at radius 1 is 1.12 bits per heavy atom. The SMILES string of the molecule is CC1(C)C[C@@H](NC(=O)N2CCC[C@@H](C3(C)OCCO3)C2)C(C)(C)O1. The van der Waals surface area contributed by atoms with Gasteiger partial charge in [-0.05, 0) is 53.9 Å². The van der Waals surface area contributed by atoms with Crippen molar-refractivity contribution in [1.29, 1.82) is 0 Å². The van der Waals surface area contributed by atoms with Crippen LogP contribution in [0.5, 0.6) is 0 Å². The standard InChI is InChI=1S/C18H32N2O4/c1-16(2)11-14(17(3,4)24-16)19-15(21)20-8-6-7-13(12-20)18(5)22-9-10-23-18/h13-14H,6-12H2,1-5H3,(H,19,21)/t13-,14-/m1/s1. The fraction of sp³-hybridized carbons (Fsp3) is 0.944. The molecule has 2 amide bonds. The predicted octanol–water partition coefficient (Wildman–Crippen LogP) is 2.52. The number of hydrogen-bond donors (Lipinski definition) is 1. The summed E-state index contributed by atoms with van der Waals surface area (Å²) in [6.07, 6.45) is 2.84. The van der Waals surface area contributed by atoms with Crippen LogP contribution in [0, 0.1) is 5.92 Å². The highest BCUT2D eigenvalue weighted by Crippen LogP contribution is 2.38. The highest BCUT2D eigenvalue weighted by atomic mass is 16.7. The molecule has 0 saturated carbocycles. The van der Waals surface area contributed by atoms with Crippen LogP contribution in [-0.2, 0) is 14.2 Å². The highest BCUT2D eigenvalue weighted by molar-refractivity contribution is 5.75. The number of hydrogen-bond acceptors (Lipinski definition) is 4. The Morgan fingerprint density at radius 3 is 2.38 bits per heavy atom. The number of nitrogens with zero attached hydrogens (tertiary/aromatic N) is 1. The van der Waals surface area contributed by atoms with E-state index in [1.54, 1.807) is 0 Å². The summed E-state index contributed by atoms with van der Waals surface area (Å²) in [5.74, 6) is -0.319. The molecule has 3 heterocycles. The van der Waals surface area contributed by atoms with Crippen molar-refractivity contribution in [3.8, 4) is 0 Å². The summed E-state index contributed by atoms with van der Waals surface area (Å²) in [4.78, 5) is 14.7. The third-order valence-corrected chi connectivity index (χ3v) is 5.68. The molecule has 0 bridgehead atoms. The van der Waals surface area contributed by atoms with Crippen LogP contribution >= 0.6 is 0 Å². The molecule has 2 atom stereocenters.